The molecule has 1 aliphatic rings. The van der Waals surface area contributed by atoms with Gasteiger partial charge in [-0.15, -0.1) is 0 Å². The second-order valence-electron chi connectivity index (χ2n) is 6.53. The highest BCUT2D eigenvalue weighted by atomic mass is 19.1. The van der Waals surface area contributed by atoms with E-state index in [0.29, 0.717) is 35.8 Å². The first-order valence-corrected chi connectivity index (χ1v) is 8.44. The number of halogens is 1. The second-order valence-corrected chi connectivity index (χ2v) is 6.53. The van der Waals surface area contributed by atoms with Crippen LogP contribution in [0.2, 0.25) is 0 Å². The molecule has 3 aromatic rings. The molecule has 1 fully saturated rings. The van der Waals surface area contributed by atoms with Gasteiger partial charge in [-0.25, -0.2) is 4.39 Å². The first-order chi connectivity index (χ1) is 12.5. The number of benzene rings is 1. The number of hydrogen-bond acceptors (Lipinski definition) is 6. The smallest absolute Gasteiger partial charge is 0.290 e. The highest BCUT2D eigenvalue weighted by Crippen LogP contribution is 2.28. The molecule has 0 aliphatic carbocycles. The van der Waals surface area contributed by atoms with E-state index in [1.807, 2.05) is 13.8 Å². The number of aromatic nitrogens is 2. The third-order valence-corrected chi connectivity index (χ3v) is 4.33. The Morgan fingerprint density at radius 1 is 1.35 bits per heavy atom. The summed E-state index contributed by atoms with van der Waals surface area (Å²) in [5.41, 5.74) is 0.459. The average molecular weight is 359 g/mol. The van der Waals surface area contributed by atoms with Crippen LogP contribution in [-0.2, 0) is 4.74 Å². The summed E-state index contributed by atoms with van der Waals surface area (Å²) < 4.78 is 29.7. The molecule has 136 valence electrons. The molecule has 1 atom stereocenters. The zero-order valence-electron chi connectivity index (χ0n) is 14.4. The van der Waals surface area contributed by atoms with Gasteiger partial charge in [-0.2, -0.15) is 4.98 Å². The standard InChI is InChI=1S/C18H18FN3O4/c1-10(2)17-20-16(21-26-17)13-9-24-6-5-22(13)18(23)15-8-11-7-12(19)3-4-14(11)25-15/h3-4,7-8,10,13H,5-6,9H2,1-2H3. The van der Waals surface area contributed by atoms with E-state index in [1.54, 1.807) is 11.0 Å². The number of ether oxygens (including phenoxy) is 1. The lowest BCUT2D eigenvalue weighted by Crippen LogP contribution is -2.43. The Labute approximate surface area is 148 Å². The van der Waals surface area contributed by atoms with Crippen LogP contribution in [0.5, 0.6) is 0 Å². The fourth-order valence-corrected chi connectivity index (χ4v) is 2.94. The fraction of sp³-hybridized carbons (Fsp3) is 0.389. The van der Waals surface area contributed by atoms with E-state index >= 15 is 0 Å². The molecule has 1 unspecified atom stereocenters. The van der Waals surface area contributed by atoms with Crippen molar-refractivity contribution in [3.8, 4) is 0 Å². The van der Waals surface area contributed by atoms with Gasteiger partial charge in [0, 0.05) is 17.8 Å². The molecule has 0 bridgehead atoms. The molecule has 0 N–H and O–H groups in total. The first kappa shape index (κ1) is 16.7. The highest BCUT2D eigenvalue weighted by molar-refractivity contribution is 5.96. The molecule has 1 amide bonds. The van der Waals surface area contributed by atoms with Gasteiger partial charge in [-0.3, -0.25) is 4.79 Å². The third kappa shape index (κ3) is 2.96. The lowest BCUT2D eigenvalue weighted by Gasteiger charge is -2.32. The van der Waals surface area contributed by atoms with Crippen molar-refractivity contribution in [2.45, 2.75) is 25.8 Å². The molecule has 1 aliphatic heterocycles. The molecule has 4 rings (SSSR count). The SMILES string of the molecule is CC(C)c1nc(C2COCCN2C(=O)c2cc3cc(F)ccc3o2)no1. The zero-order chi connectivity index (χ0) is 18.3. The highest BCUT2D eigenvalue weighted by Gasteiger charge is 2.34. The summed E-state index contributed by atoms with van der Waals surface area (Å²) in [7, 11) is 0. The van der Waals surface area contributed by atoms with Crippen molar-refractivity contribution < 1.29 is 22.9 Å². The van der Waals surface area contributed by atoms with Gasteiger partial charge in [-0.05, 0) is 24.3 Å². The van der Waals surface area contributed by atoms with Gasteiger partial charge in [0.05, 0.1) is 13.2 Å². The van der Waals surface area contributed by atoms with E-state index in [-0.39, 0.29) is 30.0 Å². The van der Waals surface area contributed by atoms with Crippen LogP contribution in [0.4, 0.5) is 4.39 Å². The average Bonchev–Trinajstić information content (AvgIpc) is 3.28. The summed E-state index contributed by atoms with van der Waals surface area (Å²) in [6.45, 7) is 4.96. The number of carbonyl (C=O) groups is 1. The molecule has 0 spiro atoms. The quantitative estimate of drug-likeness (QED) is 0.714. The molecule has 7 nitrogen and oxygen atoms in total. The summed E-state index contributed by atoms with van der Waals surface area (Å²) in [4.78, 5) is 19.0. The maximum atomic E-state index is 13.4. The minimum absolute atomic E-state index is 0.0928. The maximum Gasteiger partial charge on any atom is 0.290 e. The van der Waals surface area contributed by atoms with Gasteiger partial charge in [0.1, 0.15) is 17.4 Å². The Balaban J connectivity index is 1.64. The molecule has 3 heterocycles. The van der Waals surface area contributed by atoms with Crippen molar-refractivity contribution in [3.63, 3.8) is 0 Å². The fourth-order valence-electron chi connectivity index (χ4n) is 2.94. The number of morpholine rings is 1. The van der Waals surface area contributed by atoms with Gasteiger partial charge in [-0.1, -0.05) is 19.0 Å². The molecule has 26 heavy (non-hydrogen) atoms. The van der Waals surface area contributed by atoms with Crippen LogP contribution in [0.15, 0.2) is 33.2 Å². The topological polar surface area (TPSA) is 81.6 Å². The minimum atomic E-state index is -0.461. The van der Waals surface area contributed by atoms with Crippen molar-refractivity contribution in [1.82, 2.24) is 15.0 Å². The third-order valence-electron chi connectivity index (χ3n) is 4.33. The lowest BCUT2D eigenvalue weighted by molar-refractivity contribution is -0.00718. The van der Waals surface area contributed by atoms with Gasteiger partial charge in [0.2, 0.25) is 5.89 Å². The molecule has 1 saturated heterocycles. The van der Waals surface area contributed by atoms with Crippen molar-refractivity contribution in [2.75, 3.05) is 19.8 Å². The predicted molar refractivity (Wildman–Crippen MR) is 89.2 cm³/mol. The Morgan fingerprint density at radius 3 is 2.96 bits per heavy atom. The molecule has 1 aromatic carbocycles. The summed E-state index contributed by atoms with van der Waals surface area (Å²) in [5, 5.41) is 4.54. The van der Waals surface area contributed by atoms with E-state index in [2.05, 4.69) is 10.1 Å². The Kier molecular flexibility index (Phi) is 4.20. The van der Waals surface area contributed by atoms with Crippen LogP contribution in [0.1, 0.15) is 48.1 Å². The minimum Gasteiger partial charge on any atom is -0.451 e. The van der Waals surface area contributed by atoms with E-state index in [0.717, 1.165) is 0 Å². The number of hydrogen-bond donors (Lipinski definition) is 0. The van der Waals surface area contributed by atoms with Gasteiger partial charge < -0.3 is 18.6 Å². The lowest BCUT2D eigenvalue weighted by atomic mass is 10.2. The Hall–Kier alpha value is -2.74. The number of fused-ring (bicyclic) bond motifs is 1. The predicted octanol–water partition coefficient (Wildman–Crippen LogP) is 3.29. The first-order valence-electron chi connectivity index (χ1n) is 8.44. The van der Waals surface area contributed by atoms with Crippen molar-refractivity contribution in [3.05, 3.63) is 47.6 Å². The molecule has 2 aromatic heterocycles. The van der Waals surface area contributed by atoms with Crippen LogP contribution < -0.4 is 0 Å². The summed E-state index contributed by atoms with van der Waals surface area (Å²) in [6, 6.07) is 5.22. The van der Waals surface area contributed by atoms with Crippen molar-refractivity contribution >= 4 is 16.9 Å². The number of rotatable bonds is 3. The number of carbonyl (C=O) groups excluding carboxylic acids is 1. The van der Waals surface area contributed by atoms with Crippen molar-refractivity contribution in [1.29, 1.82) is 0 Å². The van der Waals surface area contributed by atoms with Crippen LogP contribution >= 0.6 is 0 Å². The summed E-state index contributed by atoms with van der Waals surface area (Å²) in [6.07, 6.45) is 0. The van der Waals surface area contributed by atoms with Crippen LogP contribution in [-0.4, -0.2) is 40.7 Å². The number of amides is 1. The molecular formula is C18H18FN3O4. The molecule has 0 radical (unpaired) electrons. The van der Waals surface area contributed by atoms with E-state index in [9.17, 15) is 9.18 Å². The Morgan fingerprint density at radius 2 is 2.19 bits per heavy atom. The van der Waals surface area contributed by atoms with Gasteiger partial charge >= 0.3 is 0 Å². The van der Waals surface area contributed by atoms with E-state index in [4.69, 9.17) is 13.7 Å². The number of nitrogens with zero attached hydrogens (tertiary/aromatic N) is 3. The van der Waals surface area contributed by atoms with E-state index in [1.165, 1.54) is 18.2 Å². The summed E-state index contributed by atoms with van der Waals surface area (Å²) in [5.74, 6) is 0.460. The molecule has 8 heteroatoms. The van der Waals surface area contributed by atoms with Gasteiger partial charge in [0.25, 0.3) is 5.91 Å². The normalized spacial score (nSPS) is 18.0. The van der Waals surface area contributed by atoms with Crippen molar-refractivity contribution in [2.24, 2.45) is 0 Å². The molecule has 0 saturated carbocycles. The monoisotopic (exact) mass is 359 g/mol. The second kappa shape index (κ2) is 6.53. The summed E-state index contributed by atoms with van der Waals surface area (Å²) >= 11 is 0. The molecular weight excluding hydrogens is 341 g/mol. The maximum absolute atomic E-state index is 13.4. The number of furan rings is 1. The largest absolute Gasteiger partial charge is 0.451 e. The zero-order valence-corrected chi connectivity index (χ0v) is 14.4. The van der Waals surface area contributed by atoms with E-state index < -0.39 is 6.04 Å². The van der Waals surface area contributed by atoms with Crippen LogP contribution in [0.25, 0.3) is 11.0 Å². The van der Waals surface area contributed by atoms with Crippen LogP contribution in [0.3, 0.4) is 0 Å². The van der Waals surface area contributed by atoms with Crippen LogP contribution in [0, 0.1) is 5.82 Å². The Bertz CT molecular complexity index is 949. The van der Waals surface area contributed by atoms with Gasteiger partial charge in [0.15, 0.2) is 11.6 Å².